The zero-order chi connectivity index (χ0) is 20.6. The molecule has 3 rings (SSSR count). The van der Waals surface area contributed by atoms with Crippen LogP contribution in [0.25, 0.3) is 0 Å². The standard InChI is InChI=1S/C24H38N4O/c1-5-28-15-12-25-24(28)19-27(16-20(2)3)17-21-10-13-26(14-11-21)18-22-8-6-7-9-23(22)29-4/h6-9,12,15,20-21H,5,10-11,13-14,16-19H2,1-4H3. The van der Waals surface area contributed by atoms with E-state index in [1.165, 1.54) is 43.9 Å². The number of benzene rings is 1. The zero-order valence-electron chi connectivity index (χ0n) is 18.7. The van der Waals surface area contributed by atoms with E-state index in [0.29, 0.717) is 5.92 Å². The van der Waals surface area contributed by atoms with Gasteiger partial charge >= 0.3 is 0 Å². The van der Waals surface area contributed by atoms with Gasteiger partial charge in [-0.3, -0.25) is 9.80 Å². The van der Waals surface area contributed by atoms with Crippen LogP contribution < -0.4 is 4.74 Å². The molecule has 29 heavy (non-hydrogen) atoms. The number of nitrogens with zero attached hydrogens (tertiary/aromatic N) is 4. The molecule has 0 aliphatic carbocycles. The van der Waals surface area contributed by atoms with Crippen LogP contribution in [-0.2, 0) is 19.6 Å². The van der Waals surface area contributed by atoms with E-state index in [1.54, 1.807) is 7.11 Å². The van der Waals surface area contributed by atoms with Gasteiger partial charge in [0.05, 0.1) is 13.7 Å². The van der Waals surface area contributed by atoms with E-state index in [2.05, 4.69) is 64.5 Å². The van der Waals surface area contributed by atoms with Crippen molar-refractivity contribution in [1.29, 1.82) is 0 Å². The Kier molecular flexibility index (Phi) is 8.13. The van der Waals surface area contributed by atoms with Crippen LogP contribution in [0.1, 0.15) is 45.0 Å². The molecular weight excluding hydrogens is 360 g/mol. The molecule has 5 heteroatoms. The fourth-order valence-electron chi connectivity index (χ4n) is 4.47. The monoisotopic (exact) mass is 398 g/mol. The molecule has 1 aromatic heterocycles. The maximum Gasteiger partial charge on any atom is 0.123 e. The van der Waals surface area contributed by atoms with Crippen molar-refractivity contribution in [3.05, 3.63) is 48.0 Å². The lowest BCUT2D eigenvalue weighted by Gasteiger charge is -2.35. The first kappa shape index (κ1) is 21.8. The van der Waals surface area contributed by atoms with Gasteiger partial charge in [0.2, 0.25) is 0 Å². The van der Waals surface area contributed by atoms with Crippen molar-refractivity contribution in [2.45, 2.75) is 53.2 Å². The average Bonchev–Trinajstić information content (AvgIpc) is 3.16. The Morgan fingerprint density at radius 3 is 2.66 bits per heavy atom. The molecule has 1 aliphatic rings. The van der Waals surface area contributed by atoms with Gasteiger partial charge in [-0.15, -0.1) is 0 Å². The third-order valence-corrected chi connectivity index (χ3v) is 5.94. The van der Waals surface area contributed by atoms with Crippen molar-refractivity contribution < 1.29 is 4.74 Å². The summed E-state index contributed by atoms with van der Waals surface area (Å²) in [5.74, 6) is 3.64. The van der Waals surface area contributed by atoms with Crippen LogP contribution in [0.5, 0.6) is 5.75 Å². The molecule has 0 saturated carbocycles. The number of hydrogen-bond donors (Lipinski definition) is 0. The zero-order valence-corrected chi connectivity index (χ0v) is 18.7. The second-order valence-corrected chi connectivity index (χ2v) is 8.75. The van der Waals surface area contributed by atoms with Crippen molar-refractivity contribution in [2.24, 2.45) is 11.8 Å². The Labute approximate surface area is 176 Å². The van der Waals surface area contributed by atoms with E-state index in [0.717, 1.165) is 37.8 Å². The van der Waals surface area contributed by atoms with Crippen LogP contribution >= 0.6 is 0 Å². The van der Waals surface area contributed by atoms with Crippen LogP contribution in [-0.4, -0.2) is 52.6 Å². The lowest BCUT2D eigenvalue weighted by Crippen LogP contribution is -2.39. The number of aromatic nitrogens is 2. The lowest BCUT2D eigenvalue weighted by molar-refractivity contribution is 0.126. The summed E-state index contributed by atoms with van der Waals surface area (Å²) in [5, 5.41) is 0. The topological polar surface area (TPSA) is 33.5 Å². The van der Waals surface area contributed by atoms with Crippen LogP contribution in [0.4, 0.5) is 0 Å². The number of rotatable bonds is 10. The Balaban J connectivity index is 1.53. The minimum absolute atomic E-state index is 0.672. The minimum Gasteiger partial charge on any atom is -0.496 e. The van der Waals surface area contributed by atoms with Crippen molar-refractivity contribution >= 4 is 0 Å². The Hall–Kier alpha value is -1.85. The number of likely N-dealkylation sites (tertiary alicyclic amines) is 1. The predicted octanol–water partition coefficient (Wildman–Crippen LogP) is 4.28. The maximum absolute atomic E-state index is 5.53. The van der Waals surface area contributed by atoms with E-state index in [9.17, 15) is 0 Å². The summed E-state index contributed by atoms with van der Waals surface area (Å²) in [6.45, 7) is 14.4. The highest BCUT2D eigenvalue weighted by molar-refractivity contribution is 5.33. The molecule has 0 N–H and O–H groups in total. The predicted molar refractivity (Wildman–Crippen MR) is 119 cm³/mol. The normalized spacial score (nSPS) is 16.1. The first-order valence-electron chi connectivity index (χ1n) is 11.2. The van der Waals surface area contributed by atoms with E-state index in [-0.39, 0.29) is 0 Å². The SMILES string of the molecule is CCn1ccnc1CN(CC(C)C)CC1CCN(Cc2ccccc2OC)CC1. The van der Waals surface area contributed by atoms with Gasteiger partial charge in [-0.25, -0.2) is 4.98 Å². The summed E-state index contributed by atoms with van der Waals surface area (Å²) in [5.41, 5.74) is 1.29. The molecule has 2 aromatic rings. The van der Waals surface area contributed by atoms with Crippen LogP contribution in [0, 0.1) is 11.8 Å². The molecule has 1 fully saturated rings. The number of para-hydroxylation sites is 1. The molecule has 1 aliphatic heterocycles. The van der Waals surface area contributed by atoms with Crippen molar-refractivity contribution in [2.75, 3.05) is 33.3 Å². The number of piperidine rings is 1. The molecule has 0 unspecified atom stereocenters. The van der Waals surface area contributed by atoms with E-state index in [1.807, 2.05) is 12.3 Å². The van der Waals surface area contributed by atoms with E-state index >= 15 is 0 Å². The maximum atomic E-state index is 5.53. The molecule has 0 atom stereocenters. The molecule has 0 bridgehead atoms. The number of hydrogen-bond acceptors (Lipinski definition) is 4. The fraction of sp³-hybridized carbons (Fsp3) is 0.625. The Morgan fingerprint density at radius 2 is 1.97 bits per heavy atom. The van der Waals surface area contributed by atoms with Gasteiger partial charge in [-0.05, 0) is 50.8 Å². The molecule has 0 spiro atoms. The van der Waals surface area contributed by atoms with Crippen LogP contribution in [0.2, 0.25) is 0 Å². The quantitative estimate of drug-likeness (QED) is 0.598. The molecule has 1 saturated heterocycles. The highest BCUT2D eigenvalue weighted by Crippen LogP contribution is 2.24. The van der Waals surface area contributed by atoms with Crippen LogP contribution in [0.3, 0.4) is 0 Å². The third-order valence-electron chi connectivity index (χ3n) is 5.94. The number of ether oxygens (including phenoxy) is 1. The fourth-order valence-corrected chi connectivity index (χ4v) is 4.47. The van der Waals surface area contributed by atoms with Gasteiger partial charge in [-0.2, -0.15) is 0 Å². The van der Waals surface area contributed by atoms with E-state index in [4.69, 9.17) is 4.74 Å². The number of aryl methyl sites for hydroxylation is 1. The molecule has 5 nitrogen and oxygen atoms in total. The smallest absolute Gasteiger partial charge is 0.123 e. The van der Waals surface area contributed by atoms with Gasteiger partial charge < -0.3 is 9.30 Å². The molecule has 2 heterocycles. The van der Waals surface area contributed by atoms with Crippen molar-refractivity contribution in [1.82, 2.24) is 19.4 Å². The second kappa shape index (κ2) is 10.8. The largest absolute Gasteiger partial charge is 0.496 e. The third kappa shape index (κ3) is 6.31. The van der Waals surface area contributed by atoms with Gasteiger partial charge in [0, 0.05) is 44.1 Å². The summed E-state index contributed by atoms with van der Waals surface area (Å²) in [6.07, 6.45) is 6.57. The highest BCUT2D eigenvalue weighted by atomic mass is 16.5. The average molecular weight is 399 g/mol. The van der Waals surface area contributed by atoms with Gasteiger partial charge in [-0.1, -0.05) is 32.0 Å². The second-order valence-electron chi connectivity index (χ2n) is 8.75. The number of methoxy groups -OCH3 is 1. The minimum atomic E-state index is 0.672. The summed E-state index contributed by atoms with van der Waals surface area (Å²) in [7, 11) is 1.76. The summed E-state index contributed by atoms with van der Waals surface area (Å²) in [6, 6.07) is 8.40. The molecular formula is C24H38N4O. The molecule has 1 aromatic carbocycles. The van der Waals surface area contributed by atoms with Gasteiger partial charge in [0.1, 0.15) is 11.6 Å². The highest BCUT2D eigenvalue weighted by Gasteiger charge is 2.23. The summed E-state index contributed by atoms with van der Waals surface area (Å²) >= 11 is 0. The first-order valence-corrected chi connectivity index (χ1v) is 11.2. The van der Waals surface area contributed by atoms with Gasteiger partial charge in [0.25, 0.3) is 0 Å². The van der Waals surface area contributed by atoms with Gasteiger partial charge in [0.15, 0.2) is 0 Å². The summed E-state index contributed by atoms with van der Waals surface area (Å²) in [4.78, 5) is 9.80. The molecule has 160 valence electrons. The Morgan fingerprint density at radius 1 is 1.21 bits per heavy atom. The van der Waals surface area contributed by atoms with Crippen molar-refractivity contribution in [3.8, 4) is 5.75 Å². The molecule has 0 amide bonds. The number of imidazole rings is 1. The van der Waals surface area contributed by atoms with Crippen molar-refractivity contribution in [3.63, 3.8) is 0 Å². The van der Waals surface area contributed by atoms with E-state index < -0.39 is 0 Å². The Bertz CT molecular complexity index is 734. The van der Waals surface area contributed by atoms with Crippen LogP contribution in [0.15, 0.2) is 36.7 Å². The summed E-state index contributed by atoms with van der Waals surface area (Å²) < 4.78 is 7.79. The molecule has 0 radical (unpaired) electrons. The first-order chi connectivity index (χ1) is 14.1. The lowest BCUT2D eigenvalue weighted by atomic mass is 9.95.